The number of rotatable bonds is 4. The molecule has 38 heavy (non-hydrogen) atoms. The Balaban J connectivity index is 1.39. The van der Waals surface area contributed by atoms with E-state index in [0.717, 1.165) is 44.6 Å². The maximum atomic E-state index is 6.06. The Hall–Kier alpha value is -4.18. The van der Waals surface area contributed by atoms with E-state index in [0.29, 0.717) is 11.7 Å². The molecule has 0 radical (unpaired) electrons. The lowest BCUT2D eigenvalue weighted by Gasteiger charge is -2.24. The van der Waals surface area contributed by atoms with Crippen LogP contribution in [0.3, 0.4) is 0 Å². The fourth-order valence-electron chi connectivity index (χ4n) is 6.22. The second-order valence-corrected chi connectivity index (χ2v) is 10.7. The molecule has 1 aliphatic carbocycles. The molecule has 0 amide bonds. The van der Waals surface area contributed by atoms with Crippen molar-refractivity contribution in [2.75, 3.05) is 0 Å². The average Bonchev–Trinajstić information content (AvgIpc) is 3.55. The molecule has 4 heteroatoms. The van der Waals surface area contributed by atoms with Crippen molar-refractivity contribution in [1.29, 1.82) is 0 Å². The molecule has 1 saturated carbocycles. The summed E-state index contributed by atoms with van der Waals surface area (Å²) in [6.07, 6.45) is 6.64. The summed E-state index contributed by atoms with van der Waals surface area (Å²) < 4.78 is 8.11. The fraction of sp³-hybridized carbons (Fsp3) is 0.235. The minimum Gasteiger partial charge on any atom is -0.456 e. The van der Waals surface area contributed by atoms with Crippen LogP contribution in [0.2, 0.25) is 0 Å². The smallest absolute Gasteiger partial charge is 0.182 e. The predicted molar refractivity (Wildman–Crippen MR) is 155 cm³/mol. The largest absolute Gasteiger partial charge is 0.456 e. The number of benzene rings is 4. The number of para-hydroxylation sites is 1. The Kier molecular flexibility index (Phi) is 5.61. The Morgan fingerprint density at radius 3 is 2.21 bits per heavy atom. The van der Waals surface area contributed by atoms with Crippen LogP contribution in [0.25, 0.3) is 50.4 Å². The molecule has 0 bridgehead atoms. The summed E-state index contributed by atoms with van der Waals surface area (Å²) in [5.74, 6) is 2.24. The topological polar surface area (TPSA) is 43.9 Å². The van der Waals surface area contributed by atoms with Gasteiger partial charge in [-0.3, -0.25) is 0 Å². The molecule has 4 nitrogen and oxygen atoms in total. The van der Waals surface area contributed by atoms with Crippen molar-refractivity contribution in [2.24, 2.45) is 0 Å². The van der Waals surface area contributed by atoms with Crippen molar-refractivity contribution < 1.29 is 4.42 Å². The van der Waals surface area contributed by atoms with E-state index in [2.05, 4.69) is 73.1 Å². The molecule has 0 aliphatic heterocycles. The molecule has 2 heterocycles. The number of fused-ring (bicyclic) bond motifs is 3. The van der Waals surface area contributed by atoms with Gasteiger partial charge in [-0.15, -0.1) is 5.10 Å². The van der Waals surface area contributed by atoms with E-state index in [-0.39, 0.29) is 0 Å². The monoisotopic (exact) mass is 497 g/mol. The fourth-order valence-corrected chi connectivity index (χ4v) is 6.22. The highest BCUT2D eigenvalue weighted by Crippen LogP contribution is 2.37. The third-order valence-corrected chi connectivity index (χ3v) is 8.08. The van der Waals surface area contributed by atoms with Gasteiger partial charge >= 0.3 is 0 Å². The Morgan fingerprint density at radius 1 is 0.711 bits per heavy atom. The minimum atomic E-state index is 0.673. The van der Waals surface area contributed by atoms with Crippen molar-refractivity contribution in [3.8, 4) is 28.5 Å². The van der Waals surface area contributed by atoms with Crippen molar-refractivity contribution in [3.63, 3.8) is 0 Å². The second kappa shape index (κ2) is 9.29. The van der Waals surface area contributed by atoms with E-state index in [9.17, 15) is 0 Å². The number of hydrogen-bond donors (Lipinski definition) is 0. The Bertz CT molecular complexity index is 1750. The SMILES string of the molecule is Cc1cc(C2CCCCC2)cc(C)c1-n1nc(-c2ccc3oc4ccccc4c3c2)nc1-c1ccccc1. The first kappa shape index (κ1) is 23.0. The lowest BCUT2D eigenvalue weighted by Crippen LogP contribution is -2.09. The summed E-state index contributed by atoms with van der Waals surface area (Å²) in [5.41, 5.74) is 8.89. The van der Waals surface area contributed by atoms with Crippen LogP contribution in [0.5, 0.6) is 0 Å². The summed E-state index contributed by atoms with van der Waals surface area (Å²) in [4.78, 5) is 5.11. The Labute approximate surface area is 223 Å². The molecule has 188 valence electrons. The first-order valence-corrected chi connectivity index (χ1v) is 13.7. The summed E-state index contributed by atoms with van der Waals surface area (Å²) in [6, 6.07) is 29.6. The minimum absolute atomic E-state index is 0.673. The van der Waals surface area contributed by atoms with E-state index < -0.39 is 0 Å². The zero-order valence-corrected chi connectivity index (χ0v) is 21.9. The zero-order chi connectivity index (χ0) is 25.6. The van der Waals surface area contributed by atoms with Gasteiger partial charge < -0.3 is 4.42 Å². The van der Waals surface area contributed by atoms with E-state index in [1.807, 2.05) is 30.3 Å². The molecule has 1 aliphatic rings. The lowest BCUT2D eigenvalue weighted by atomic mass is 9.83. The van der Waals surface area contributed by atoms with Gasteiger partial charge in [0.05, 0.1) is 5.69 Å². The van der Waals surface area contributed by atoms with Gasteiger partial charge in [-0.05, 0) is 73.6 Å². The maximum Gasteiger partial charge on any atom is 0.182 e. The first-order valence-electron chi connectivity index (χ1n) is 13.7. The highest BCUT2D eigenvalue weighted by Gasteiger charge is 2.22. The summed E-state index contributed by atoms with van der Waals surface area (Å²) in [6.45, 7) is 4.43. The van der Waals surface area contributed by atoms with Crippen LogP contribution in [-0.2, 0) is 0 Å². The van der Waals surface area contributed by atoms with Gasteiger partial charge in [-0.2, -0.15) is 0 Å². The first-order chi connectivity index (χ1) is 18.7. The highest BCUT2D eigenvalue weighted by molar-refractivity contribution is 6.06. The quantitative estimate of drug-likeness (QED) is 0.244. The van der Waals surface area contributed by atoms with Gasteiger partial charge in [0.2, 0.25) is 0 Å². The predicted octanol–water partition coefficient (Wildman–Crippen LogP) is 9.17. The van der Waals surface area contributed by atoms with Crippen LogP contribution < -0.4 is 0 Å². The molecule has 1 fully saturated rings. The van der Waals surface area contributed by atoms with Gasteiger partial charge in [-0.1, -0.05) is 79.9 Å². The van der Waals surface area contributed by atoms with Gasteiger partial charge in [-0.25, -0.2) is 9.67 Å². The summed E-state index contributed by atoms with van der Waals surface area (Å²) in [7, 11) is 0. The molecule has 4 aromatic carbocycles. The summed E-state index contributed by atoms with van der Waals surface area (Å²) >= 11 is 0. The van der Waals surface area contributed by atoms with Gasteiger partial charge in [0.1, 0.15) is 11.2 Å². The van der Waals surface area contributed by atoms with Gasteiger partial charge in [0.25, 0.3) is 0 Å². The van der Waals surface area contributed by atoms with Crippen LogP contribution in [0.15, 0.2) is 89.3 Å². The molecule has 0 saturated heterocycles. The van der Waals surface area contributed by atoms with Crippen LogP contribution in [0.4, 0.5) is 0 Å². The van der Waals surface area contributed by atoms with Gasteiger partial charge in [0, 0.05) is 21.9 Å². The number of aryl methyl sites for hydroxylation is 2. The van der Waals surface area contributed by atoms with E-state index in [1.165, 1.54) is 48.8 Å². The van der Waals surface area contributed by atoms with Crippen LogP contribution in [0, 0.1) is 13.8 Å². The van der Waals surface area contributed by atoms with Crippen molar-refractivity contribution in [2.45, 2.75) is 51.9 Å². The van der Waals surface area contributed by atoms with E-state index in [1.54, 1.807) is 0 Å². The Morgan fingerprint density at radius 2 is 1.42 bits per heavy atom. The van der Waals surface area contributed by atoms with Crippen LogP contribution in [-0.4, -0.2) is 14.8 Å². The number of furan rings is 1. The molecule has 0 unspecified atom stereocenters. The molecule has 0 N–H and O–H groups in total. The molecule has 7 rings (SSSR count). The molecular formula is C34H31N3O. The highest BCUT2D eigenvalue weighted by atomic mass is 16.3. The molecular weight excluding hydrogens is 466 g/mol. The zero-order valence-electron chi connectivity index (χ0n) is 21.9. The number of nitrogens with zero attached hydrogens (tertiary/aromatic N) is 3. The normalized spacial score (nSPS) is 14.5. The van der Waals surface area contributed by atoms with Crippen LogP contribution >= 0.6 is 0 Å². The maximum absolute atomic E-state index is 6.06. The molecule has 6 aromatic rings. The second-order valence-electron chi connectivity index (χ2n) is 10.7. The number of hydrogen-bond acceptors (Lipinski definition) is 3. The molecule has 0 spiro atoms. The van der Waals surface area contributed by atoms with E-state index >= 15 is 0 Å². The van der Waals surface area contributed by atoms with Crippen molar-refractivity contribution in [3.05, 3.63) is 102 Å². The average molecular weight is 498 g/mol. The molecule has 2 aromatic heterocycles. The summed E-state index contributed by atoms with van der Waals surface area (Å²) in [5, 5.41) is 7.33. The number of aromatic nitrogens is 3. The van der Waals surface area contributed by atoms with Crippen LogP contribution in [0.1, 0.15) is 54.7 Å². The third kappa shape index (κ3) is 3.92. The molecule has 0 atom stereocenters. The van der Waals surface area contributed by atoms with Crippen molar-refractivity contribution in [1.82, 2.24) is 14.8 Å². The third-order valence-electron chi connectivity index (χ3n) is 8.08. The van der Waals surface area contributed by atoms with Gasteiger partial charge in [0.15, 0.2) is 11.6 Å². The van der Waals surface area contributed by atoms with E-state index in [4.69, 9.17) is 14.5 Å². The van der Waals surface area contributed by atoms with Crippen molar-refractivity contribution >= 4 is 21.9 Å². The standard InChI is InChI=1S/C34H31N3O/c1-22-19-27(24-11-5-3-6-12-24)20-23(2)32(22)37-34(25-13-7-4-8-14-25)35-33(36-37)26-17-18-31-29(21-26)28-15-9-10-16-30(28)38-31/h4,7-10,13-21,24H,3,5-6,11-12H2,1-2H3. The lowest BCUT2D eigenvalue weighted by molar-refractivity contribution is 0.443.